The van der Waals surface area contributed by atoms with Crippen LogP contribution in [0.3, 0.4) is 0 Å². The van der Waals surface area contributed by atoms with E-state index in [1.54, 1.807) is 19.2 Å². The highest BCUT2D eigenvalue weighted by Gasteiger charge is 2.14. The van der Waals surface area contributed by atoms with Crippen LogP contribution in [-0.4, -0.2) is 44.2 Å². The van der Waals surface area contributed by atoms with E-state index in [4.69, 9.17) is 13.9 Å². The van der Waals surface area contributed by atoms with E-state index >= 15 is 0 Å². The Balaban J connectivity index is 1.98. The number of likely N-dealkylation sites (N-methyl/N-ethyl adjacent to an activating group) is 1. The molecule has 0 spiro atoms. The number of anilines is 1. The van der Waals surface area contributed by atoms with E-state index in [1.807, 2.05) is 24.3 Å². The van der Waals surface area contributed by atoms with Crippen LogP contribution < -0.4 is 10.1 Å². The van der Waals surface area contributed by atoms with Crippen LogP contribution in [0.1, 0.15) is 30.2 Å². The molecule has 6 nitrogen and oxygen atoms in total. The number of furan rings is 1. The van der Waals surface area contributed by atoms with Crippen molar-refractivity contribution >= 4 is 11.6 Å². The first kappa shape index (κ1) is 19.0. The van der Waals surface area contributed by atoms with E-state index in [0.29, 0.717) is 30.4 Å². The maximum absolute atomic E-state index is 12.3. The molecule has 136 valence electrons. The molecule has 0 atom stereocenters. The minimum Gasteiger partial charge on any atom is -0.490 e. The molecular formula is C19H26N2O4. The minimum atomic E-state index is -0.317. The summed E-state index contributed by atoms with van der Waals surface area (Å²) in [7, 11) is 1.58. The van der Waals surface area contributed by atoms with Crippen LogP contribution in [0.15, 0.2) is 40.8 Å². The van der Waals surface area contributed by atoms with E-state index in [-0.39, 0.29) is 11.7 Å². The quantitative estimate of drug-likeness (QED) is 0.714. The number of benzene rings is 1. The van der Waals surface area contributed by atoms with Crippen molar-refractivity contribution in [3.05, 3.63) is 47.9 Å². The molecule has 0 fully saturated rings. The van der Waals surface area contributed by atoms with Crippen LogP contribution in [0.2, 0.25) is 0 Å². The Morgan fingerprint density at radius 3 is 2.64 bits per heavy atom. The van der Waals surface area contributed by atoms with Crippen molar-refractivity contribution in [3.8, 4) is 5.75 Å². The van der Waals surface area contributed by atoms with E-state index in [2.05, 4.69) is 24.1 Å². The normalized spacial score (nSPS) is 10.9. The van der Waals surface area contributed by atoms with Crippen molar-refractivity contribution in [3.63, 3.8) is 0 Å². The molecule has 0 aliphatic heterocycles. The summed E-state index contributed by atoms with van der Waals surface area (Å²) in [6.45, 7) is 7.96. The van der Waals surface area contributed by atoms with Gasteiger partial charge in [-0.05, 0) is 37.4 Å². The summed E-state index contributed by atoms with van der Waals surface area (Å²) >= 11 is 0. The predicted octanol–water partition coefficient (Wildman–Crippen LogP) is 3.40. The number of para-hydroxylation sites is 2. The zero-order valence-corrected chi connectivity index (χ0v) is 15.1. The number of hydrogen-bond donors (Lipinski definition) is 1. The SMILES string of the molecule is CCN(CC)CCOc1ccccc1NC(=O)c1ccc(COC)o1. The summed E-state index contributed by atoms with van der Waals surface area (Å²) in [4.78, 5) is 14.6. The van der Waals surface area contributed by atoms with Gasteiger partial charge in [0, 0.05) is 13.7 Å². The molecule has 1 amide bonds. The molecule has 1 N–H and O–H groups in total. The number of carbonyl (C=O) groups excluding carboxylic acids is 1. The van der Waals surface area contributed by atoms with Crippen LogP contribution in [0.4, 0.5) is 5.69 Å². The molecule has 0 radical (unpaired) electrons. The molecule has 1 heterocycles. The van der Waals surface area contributed by atoms with Gasteiger partial charge in [0.2, 0.25) is 0 Å². The smallest absolute Gasteiger partial charge is 0.291 e. The lowest BCUT2D eigenvalue weighted by molar-refractivity contribution is 0.0987. The first-order valence-corrected chi connectivity index (χ1v) is 8.51. The second kappa shape index (κ2) is 9.86. The van der Waals surface area contributed by atoms with Crippen LogP contribution >= 0.6 is 0 Å². The number of rotatable bonds is 10. The monoisotopic (exact) mass is 346 g/mol. The Bertz CT molecular complexity index is 665. The second-order valence-electron chi connectivity index (χ2n) is 5.52. The average Bonchev–Trinajstić information content (AvgIpc) is 3.09. The van der Waals surface area contributed by atoms with Crippen molar-refractivity contribution in [2.24, 2.45) is 0 Å². The highest BCUT2D eigenvalue weighted by molar-refractivity contribution is 6.03. The fraction of sp³-hybridized carbons (Fsp3) is 0.421. The third-order valence-electron chi connectivity index (χ3n) is 3.87. The Kier molecular flexibility index (Phi) is 7.50. The first-order chi connectivity index (χ1) is 12.2. The third kappa shape index (κ3) is 5.62. The lowest BCUT2D eigenvalue weighted by Crippen LogP contribution is -2.28. The fourth-order valence-corrected chi connectivity index (χ4v) is 2.42. The van der Waals surface area contributed by atoms with Crippen LogP contribution in [0, 0.1) is 0 Å². The molecular weight excluding hydrogens is 320 g/mol. The van der Waals surface area contributed by atoms with Crippen LogP contribution in [-0.2, 0) is 11.3 Å². The summed E-state index contributed by atoms with van der Waals surface area (Å²) in [6.07, 6.45) is 0. The second-order valence-corrected chi connectivity index (χ2v) is 5.52. The van der Waals surface area contributed by atoms with Gasteiger partial charge in [-0.25, -0.2) is 0 Å². The van der Waals surface area contributed by atoms with E-state index in [1.165, 1.54) is 0 Å². The fourth-order valence-electron chi connectivity index (χ4n) is 2.42. The molecule has 2 aromatic rings. The topological polar surface area (TPSA) is 63.9 Å². The molecule has 0 bridgehead atoms. The van der Waals surface area contributed by atoms with Gasteiger partial charge in [0.1, 0.15) is 24.7 Å². The molecule has 2 rings (SSSR count). The van der Waals surface area contributed by atoms with Gasteiger partial charge in [-0.2, -0.15) is 0 Å². The van der Waals surface area contributed by atoms with Crippen LogP contribution in [0.25, 0.3) is 0 Å². The maximum atomic E-state index is 12.3. The molecule has 1 aromatic heterocycles. The van der Waals surface area contributed by atoms with Gasteiger partial charge in [-0.3, -0.25) is 4.79 Å². The number of carbonyl (C=O) groups is 1. The Morgan fingerprint density at radius 1 is 1.16 bits per heavy atom. The number of amides is 1. The molecule has 0 saturated heterocycles. The van der Waals surface area contributed by atoms with Crippen molar-refractivity contribution in [1.29, 1.82) is 0 Å². The maximum Gasteiger partial charge on any atom is 0.291 e. The van der Waals surface area contributed by atoms with Gasteiger partial charge in [0.15, 0.2) is 5.76 Å². The van der Waals surface area contributed by atoms with E-state index in [9.17, 15) is 4.79 Å². The molecule has 0 unspecified atom stereocenters. The number of nitrogens with zero attached hydrogens (tertiary/aromatic N) is 1. The summed E-state index contributed by atoms with van der Waals surface area (Å²) in [5, 5.41) is 2.84. The number of methoxy groups -OCH3 is 1. The zero-order chi connectivity index (χ0) is 18.1. The standard InChI is InChI=1S/C19H26N2O4/c1-4-21(5-2)12-13-24-17-9-7-6-8-16(17)20-19(22)18-11-10-15(25-18)14-23-3/h6-11H,4-5,12-14H2,1-3H3,(H,20,22). The summed E-state index contributed by atoms with van der Waals surface area (Å²) in [5.41, 5.74) is 0.622. The lowest BCUT2D eigenvalue weighted by atomic mass is 10.3. The third-order valence-corrected chi connectivity index (χ3v) is 3.87. The molecule has 0 aliphatic carbocycles. The van der Waals surface area contributed by atoms with E-state index in [0.717, 1.165) is 19.6 Å². The zero-order valence-electron chi connectivity index (χ0n) is 15.1. The van der Waals surface area contributed by atoms with Crippen molar-refractivity contribution in [1.82, 2.24) is 4.90 Å². The minimum absolute atomic E-state index is 0.241. The van der Waals surface area contributed by atoms with E-state index < -0.39 is 0 Å². The lowest BCUT2D eigenvalue weighted by Gasteiger charge is -2.19. The highest BCUT2D eigenvalue weighted by atomic mass is 16.5. The molecule has 0 aliphatic rings. The van der Waals surface area contributed by atoms with Gasteiger partial charge in [-0.15, -0.1) is 0 Å². The summed E-state index contributed by atoms with van der Waals surface area (Å²) in [6, 6.07) is 10.7. The Morgan fingerprint density at radius 2 is 1.92 bits per heavy atom. The van der Waals surface area contributed by atoms with Gasteiger partial charge in [-0.1, -0.05) is 26.0 Å². The van der Waals surface area contributed by atoms with Gasteiger partial charge >= 0.3 is 0 Å². The Hall–Kier alpha value is -2.31. The van der Waals surface area contributed by atoms with Crippen molar-refractivity contribution < 1.29 is 18.7 Å². The predicted molar refractivity (Wildman–Crippen MR) is 97.1 cm³/mol. The summed E-state index contributed by atoms with van der Waals surface area (Å²) < 4.78 is 16.3. The largest absolute Gasteiger partial charge is 0.490 e. The van der Waals surface area contributed by atoms with Crippen molar-refractivity contribution in [2.75, 3.05) is 38.7 Å². The average molecular weight is 346 g/mol. The molecule has 1 aromatic carbocycles. The van der Waals surface area contributed by atoms with Gasteiger partial charge in [0.25, 0.3) is 5.91 Å². The first-order valence-electron chi connectivity index (χ1n) is 8.51. The summed E-state index contributed by atoms with van der Waals surface area (Å²) in [5.74, 6) is 1.18. The number of hydrogen-bond acceptors (Lipinski definition) is 5. The van der Waals surface area contributed by atoms with Crippen LogP contribution in [0.5, 0.6) is 5.75 Å². The highest BCUT2D eigenvalue weighted by Crippen LogP contribution is 2.24. The van der Waals surface area contributed by atoms with Gasteiger partial charge < -0.3 is 24.1 Å². The number of nitrogens with one attached hydrogen (secondary N) is 1. The molecule has 0 saturated carbocycles. The van der Waals surface area contributed by atoms with Gasteiger partial charge in [0.05, 0.1) is 5.69 Å². The number of ether oxygens (including phenoxy) is 2. The molecule has 25 heavy (non-hydrogen) atoms. The van der Waals surface area contributed by atoms with Crippen molar-refractivity contribution in [2.45, 2.75) is 20.5 Å². The molecule has 6 heteroatoms. The Labute approximate surface area is 148 Å².